The standard InChI is InChI=1S/C18H33N3OS.2ClH/c19-13-15-5-4-6-16(15)17(22)20-14-18(7-2-1-3-8-18)21-9-11-23-12-10-21;;/h15-16H,1-14,19H2,(H,20,22);2*1H/t15-,16-;;/m1../s1. The average Bonchev–Trinajstić information content (AvgIpc) is 3.10. The van der Waals surface area contributed by atoms with Crippen LogP contribution in [-0.4, -0.2) is 54.0 Å². The lowest BCUT2D eigenvalue weighted by atomic mass is 9.79. The van der Waals surface area contributed by atoms with Gasteiger partial charge in [0.25, 0.3) is 0 Å². The third-order valence-corrected chi connectivity index (χ3v) is 7.30. The summed E-state index contributed by atoms with van der Waals surface area (Å²) in [4.78, 5) is 15.4. The van der Waals surface area contributed by atoms with E-state index in [0.29, 0.717) is 12.5 Å². The van der Waals surface area contributed by atoms with E-state index in [0.717, 1.165) is 25.8 Å². The molecule has 3 rings (SSSR count). The van der Waals surface area contributed by atoms with Gasteiger partial charge in [-0.1, -0.05) is 25.7 Å². The average molecular weight is 412 g/mol. The van der Waals surface area contributed by atoms with Crippen molar-refractivity contribution < 1.29 is 4.79 Å². The molecule has 148 valence electrons. The van der Waals surface area contributed by atoms with Crippen LogP contribution in [0.5, 0.6) is 0 Å². The molecular weight excluding hydrogens is 377 g/mol. The van der Waals surface area contributed by atoms with Crippen LogP contribution in [-0.2, 0) is 4.79 Å². The summed E-state index contributed by atoms with van der Waals surface area (Å²) >= 11 is 2.07. The number of amides is 1. The predicted octanol–water partition coefficient (Wildman–Crippen LogP) is 3.07. The first-order valence-corrected chi connectivity index (χ1v) is 10.7. The van der Waals surface area contributed by atoms with Crippen molar-refractivity contribution in [3.8, 4) is 0 Å². The van der Waals surface area contributed by atoms with Crippen molar-refractivity contribution in [3.05, 3.63) is 0 Å². The molecule has 2 aliphatic carbocycles. The number of nitrogens with two attached hydrogens (primary N) is 1. The van der Waals surface area contributed by atoms with E-state index in [-0.39, 0.29) is 42.2 Å². The summed E-state index contributed by atoms with van der Waals surface area (Å²) in [6.45, 7) is 3.89. The maximum atomic E-state index is 12.7. The van der Waals surface area contributed by atoms with Gasteiger partial charge in [0, 0.05) is 42.6 Å². The van der Waals surface area contributed by atoms with Gasteiger partial charge in [-0.25, -0.2) is 0 Å². The van der Waals surface area contributed by atoms with E-state index in [4.69, 9.17) is 5.73 Å². The van der Waals surface area contributed by atoms with Crippen LogP contribution in [0.25, 0.3) is 0 Å². The van der Waals surface area contributed by atoms with Gasteiger partial charge in [-0.05, 0) is 38.1 Å². The van der Waals surface area contributed by atoms with Crippen molar-refractivity contribution >= 4 is 42.5 Å². The van der Waals surface area contributed by atoms with Crippen LogP contribution in [0.15, 0.2) is 0 Å². The second kappa shape index (κ2) is 11.2. The van der Waals surface area contributed by atoms with Gasteiger partial charge in [-0.2, -0.15) is 11.8 Å². The molecule has 0 spiro atoms. The zero-order valence-electron chi connectivity index (χ0n) is 15.2. The minimum atomic E-state index is 0. The molecule has 3 aliphatic rings. The van der Waals surface area contributed by atoms with Crippen molar-refractivity contribution in [1.29, 1.82) is 0 Å². The molecule has 2 atom stereocenters. The van der Waals surface area contributed by atoms with Crippen LogP contribution in [0.2, 0.25) is 0 Å². The zero-order chi connectivity index (χ0) is 16.1. The van der Waals surface area contributed by atoms with Crippen LogP contribution >= 0.6 is 36.6 Å². The second-order valence-corrected chi connectivity index (χ2v) is 8.86. The summed E-state index contributed by atoms with van der Waals surface area (Å²) in [6, 6.07) is 0. The molecule has 3 fully saturated rings. The highest BCUT2D eigenvalue weighted by molar-refractivity contribution is 7.99. The molecule has 0 aromatic carbocycles. The normalized spacial score (nSPS) is 29.3. The molecule has 3 N–H and O–H groups in total. The van der Waals surface area contributed by atoms with Gasteiger partial charge in [0.1, 0.15) is 0 Å². The molecular formula is C18H35Cl2N3OS. The van der Waals surface area contributed by atoms with Crippen LogP contribution in [0, 0.1) is 11.8 Å². The molecule has 1 heterocycles. The molecule has 1 saturated heterocycles. The maximum absolute atomic E-state index is 12.7. The summed E-state index contributed by atoms with van der Waals surface area (Å²) in [5.74, 6) is 3.33. The maximum Gasteiger partial charge on any atom is 0.223 e. The first-order valence-electron chi connectivity index (χ1n) is 9.56. The summed E-state index contributed by atoms with van der Waals surface area (Å²) in [5, 5.41) is 3.35. The molecule has 0 aromatic rings. The summed E-state index contributed by atoms with van der Waals surface area (Å²) in [6.07, 6.45) is 9.81. The van der Waals surface area contributed by atoms with E-state index in [1.807, 2.05) is 0 Å². The van der Waals surface area contributed by atoms with Crippen LogP contribution in [0.4, 0.5) is 0 Å². The molecule has 4 nitrogen and oxygen atoms in total. The Bertz CT molecular complexity index is 402. The SMILES string of the molecule is Cl.Cl.NC[C@H]1CCC[C@H]1C(=O)NCC1(N2CCSCC2)CCCCC1. The topological polar surface area (TPSA) is 58.4 Å². The fraction of sp³-hybridized carbons (Fsp3) is 0.944. The van der Waals surface area contributed by atoms with Gasteiger partial charge in [0.05, 0.1) is 0 Å². The van der Waals surface area contributed by atoms with Crippen molar-refractivity contribution in [2.24, 2.45) is 17.6 Å². The fourth-order valence-corrected chi connectivity index (χ4v) is 5.80. The highest BCUT2D eigenvalue weighted by atomic mass is 35.5. The smallest absolute Gasteiger partial charge is 0.223 e. The number of hydrogen-bond acceptors (Lipinski definition) is 4. The van der Waals surface area contributed by atoms with Gasteiger partial charge in [0.2, 0.25) is 5.91 Å². The van der Waals surface area contributed by atoms with Gasteiger partial charge in [-0.15, -0.1) is 24.8 Å². The third kappa shape index (κ3) is 5.65. The predicted molar refractivity (Wildman–Crippen MR) is 112 cm³/mol. The Kier molecular flexibility index (Phi) is 10.5. The Morgan fingerprint density at radius 3 is 2.40 bits per heavy atom. The lowest BCUT2D eigenvalue weighted by Crippen LogP contribution is -2.59. The molecule has 1 aliphatic heterocycles. The highest BCUT2D eigenvalue weighted by Gasteiger charge is 2.40. The highest BCUT2D eigenvalue weighted by Crippen LogP contribution is 2.36. The molecule has 25 heavy (non-hydrogen) atoms. The molecule has 1 amide bonds. The molecule has 0 unspecified atom stereocenters. The Hall–Kier alpha value is 0.320. The number of hydrogen-bond donors (Lipinski definition) is 2. The Morgan fingerprint density at radius 1 is 1.08 bits per heavy atom. The molecule has 0 bridgehead atoms. The van der Waals surface area contributed by atoms with E-state index in [1.165, 1.54) is 56.7 Å². The number of carbonyl (C=O) groups is 1. The Morgan fingerprint density at radius 2 is 1.76 bits per heavy atom. The van der Waals surface area contributed by atoms with Crippen LogP contribution in [0.3, 0.4) is 0 Å². The molecule has 0 radical (unpaired) electrons. The lowest BCUT2D eigenvalue weighted by Gasteiger charge is -2.48. The quantitative estimate of drug-likeness (QED) is 0.729. The second-order valence-electron chi connectivity index (χ2n) is 7.64. The van der Waals surface area contributed by atoms with Crippen LogP contribution in [0.1, 0.15) is 51.4 Å². The zero-order valence-corrected chi connectivity index (χ0v) is 17.7. The number of nitrogens with one attached hydrogen (secondary N) is 1. The molecule has 0 aromatic heterocycles. The Labute approximate surface area is 169 Å². The van der Waals surface area contributed by atoms with E-state index in [9.17, 15) is 4.79 Å². The number of nitrogens with zero attached hydrogens (tertiary/aromatic N) is 1. The van der Waals surface area contributed by atoms with Crippen molar-refractivity contribution in [1.82, 2.24) is 10.2 Å². The fourth-order valence-electron chi connectivity index (χ4n) is 4.90. The summed E-state index contributed by atoms with van der Waals surface area (Å²) in [7, 11) is 0. The van der Waals surface area contributed by atoms with E-state index >= 15 is 0 Å². The van der Waals surface area contributed by atoms with Gasteiger partial charge in [0.15, 0.2) is 0 Å². The van der Waals surface area contributed by atoms with Crippen LogP contribution < -0.4 is 11.1 Å². The largest absolute Gasteiger partial charge is 0.354 e. The number of carbonyl (C=O) groups excluding carboxylic acids is 1. The van der Waals surface area contributed by atoms with Gasteiger partial charge < -0.3 is 11.1 Å². The number of rotatable bonds is 5. The third-order valence-electron chi connectivity index (χ3n) is 6.36. The van der Waals surface area contributed by atoms with Crippen molar-refractivity contribution in [3.63, 3.8) is 0 Å². The first kappa shape index (κ1) is 23.4. The first-order chi connectivity index (χ1) is 11.2. The minimum absolute atomic E-state index is 0. The molecule has 7 heteroatoms. The van der Waals surface area contributed by atoms with Gasteiger partial charge in [-0.3, -0.25) is 9.69 Å². The number of thioether (sulfide) groups is 1. The molecule has 2 saturated carbocycles. The van der Waals surface area contributed by atoms with Crippen molar-refractivity contribution in [2.75, 3.05) is 37.7 Å². The lowest BCUT2D eigenvalue weighted by molar-refractivity contribution is -0.126. The van der Waals surface area contributed by atoms with E-state index in [2.05, 4.69) is 22.0 Å². The van der Waals surface area contributed by atoms with E-state index in [1.54, 1.807) is 0 Å². The van der Waals surface area contributed by atoms with Gasteiger partial charge >= 0.3 is 0 Å². The van der Waals surface area contributed by atoms with Crippen molar-refractivity contribution in [2.45, 2.75) is 56.9 Å². The minimum Gasteiger partial charge on any atom is -0.354 e. The summed E-state index contributed by atoms with van der Waals surface area (Å²) < 4.78 is 0. The number of halogens is 2. The summed E-state index contributed by atoms with van der Waals surface area (Å²) in [5.41, 5.74) is 6.08. The van der Waals surface area contributed by atoms with E-state index < -0.39 is 0 Å². The monoisotopic (exact) mass is 411 g/mol. The Balaban J connectivity index is 0.00000156.